The van der Waals surface area contributed by atoms with Gasteiger partial charge in [0.25, 0.3) is 5.91 Å². The number of carbonyl (C=O) groups is 2. The van der Waals surface area contributed by atoms with Crippen molar-refractivity contribution in [2.75, 3.05) is 6.54 Å². The number of nitrogens with two attached hydrogens (primary N) is 1. The summed E-state index contributed by atoms with van der Waals surface area (Å²) in [6, 6.07) is 7.55. The van der Waals surface area contributed by atoms with E-state index < -0.39 is 5.91 Å². The van der Waals surface area contributed by atoms with Gasteiger partial charge in [-0.05, 0) is 18.9 Å². The van der Waals surface area contributed by atoms with Crippen molar-refractivity contribution in [2.24, 2.45) is 5.73 Å². The molecule has 0 radical (unpaired) electrons. The minimum absolute atomic E-state index is 0.0509. The molecule has 1 aromatic carbocycles. The van der Waals surface area contributed by atoms with Crippen molar-refractivity contribution in [1.29, 1.82) is 0 Å². The normalized spacial score (nSPS) is 15.4. The molecule has 0 aliphatic heterocycles. The zero-order valence-corrected chi connectivity index (χ0v) is 11.7. The lowest BCUT2D eigenvalue weighted by molar-refractivity contribution is -0.119. The van der Waals surface area contributed by atoms with Crippen molar-refractivity contribution in [1.82, 2.24) is 15.1 Å². The number of primary amides is 1. The predicted octanol–water partition coefficient (Wildman–Crippen LogP) is 1.43. The second-order valence-corrected chi connectivity index (χ2v) is 5.46. The highest BCUT2D eigenvalue weighted by molar-refractivity contribution is 6.05. The van der Waals surface area contributed by atoms with Crippen LogP contribution in [0.3, 0.4) is 0 Å². The number of aromatic nitrogens is 2. The fourth-order valence-corrected chi connectivity index (χ4v) is 3.01. The molecule has 3 N–H and O–H groups in total. The molecular formula is C15H18N4O2. The van der Waals surface area contributed by atoms with E-state index in [0.29, 0.717) is 5.69 Å². The van der Waals surface area contributed by atoms with Crippen LogP contribution in [0.5, 0.6) is 0 Å². The van der Waals surface area contributed by atoms with Crippen LogP contribution in [0.2, 0.25) is 0 Å². The van der Waals surface area contributed by atoms with Crippen molar-refractivity contribution in [3.63, 3.8) is 0 Å². The molecule has 0 unspecified atom stereocenters. The number of hydrogen-bond donors (Lipinski definition) is 2. The number of nitrogens with one attached hydrogen (secondary N) is 1. The molecule has 1 aliphatic carbocycles. The van der Waals surface area contributed by atoms with Crippen LogP contribution in [0.15, 0.2) is 24.3 Å². The van der Waals surface area contributed by atoms with Crippen molar-refractivity contribution < 1.29 is 9.59 Å². The molecule has 6 nitrogen and oxygen atoms in total. The molecule has 110 valence electrons. The topological polar surface area (TPSA) is 92.1 Å². The average Bonchev–Trinajstić information content (AvgIpc) is 3.13. The monoisotopic (exact) mass is 286 g/mol. The first kappa shape index (κ1) is 13.6. The smallest absolute Gasteiger partial charge is 0.275 e. The first-order chi connectivity index (χ1) is 10.2. The molecule has 21 heavy (non-hydrogen) atoms. The Bertz CT molecular complexity index is 673. The molecule has 1 heterocycles. The van der Waals surface area contributed by atoms with E-state index in [1.165, 1.54) is 0 Å². The van der Waals surface area contributed by atoms with Crippen LogP contribution in [0, 0.1) is 0 Å². The molecule has 1 aromatic heterocycles. The SMILES string of the molecule is NC(=O)CN(C(=O)c1n[nH]c2ccccc12)C1CCCC1. The molecular weight excluding hydrogens is 268 g/mol. The fourth-order valence-electron chi connectivity index (χ4n) is 3.01. The number of carbonyl (C=O) groups excluding carboxylic acids is 2. The first-order valence-electron chi connectivity index (χ1n) is 7.19. The van der Waals surface area contributed by atoms with Gasteiger partial charge in [0.2, 0.25) is 5.91 Å². The Kier molecular flexibility index (Phi) is 3.60. The minimum atomic E-state index is -0.491. The average molecular weight is 286 g/mol. The molecule has 1 saturated carbocycles. The number of hydrogen-bond acceptors (Lipinski definition) is 3. The zero-order valence-electron chi connectivity index (χ0n) is 11.7. The number of benzene rings is 1. The Morgan fingerprint density at radius 3 is 2.71 bits per heavy atom. The summed E-state index contributed by atoms with van der Waals surface area (Å²) in [7, 11) is 0. The quantitative estimate of drug-likeness (QED) is 0.890. The highest BCUT2D eigenvalue weighted by Crippen LogP contribution is 2.26. The standard InChI is InChI=1S/C15H18N4O2/c16-13(20)9-19(10-5-1-2-6-10)15(21)14-11-7-3-4-8-12(11)17-18-14/h3-4,7-8,10H,1-2,5-6,9H2,(H2,16,20)(H,17,18). The highest BCUT2D eigenvalue weighted by atomic mass is 16.2. The van der Waals surface area contributed by atoms with Crippen molar-refractivity contribution in [3.05, 3.63) is 30.0 Å². The molecule has 6 heteroatoms. The molecule has 0 spiro atoms. The summed E-state index contributed by atoms with van der Waals surface area (Å²) in [5, 5.41) is 7.75. The molecule has 0 atom stereocenters. The van der Waals surface area contributed by atoms with E-state index in [4.69, 9.17) is 5.73 Å². The molecule has 0 bridgehead atoms. The lowest BCUT2D eigenvalue weighted by Crippen LogP contribution is -2.44. The van der Waals surface area contributed by atoms with Crippen LogP contribution in [0.1, 0.15) is 36.2 Å². The third kappa shape index (κ3) is 2.61. The molecule has 2 aromatic rings. The van der Waals surface area contributed by atoms with Crippen LogP contribution in [0.4, 0.5) is 0 Å². The largest absolute Gasteiger partial charge is 0.368 e. The first-order valence-corrected chi connectivity index (χ1v) is 7.19. The van der Waals surface area contributed by atoms with E-state index in [1.54, 1.807) is 4.90 Å². The summed E-state index contributed by atoms with van der Waals surface area (Å²) in [4.78, 5) is 25.7. The van der Waals surface area contributed by atoms with Crippen LogP contribution in [-0.4, -0.2) is 39.5 Å². The van der Waals surface area contributed by atoms with Gasteiger partial charge in [-0.25, -0.2) is 0 Å². The lowest BCUT2D eigenvalue weighted by Gasteiger charge is -2.27. The van der Waals surface area contributed by atoms with Gasteiger partial charge in [-0.2, -0.15) is 5.10 Å². The maximum Gasteiger partial charge on any atom is 0.275 e. The Labute approximate surface area is 122 Å². The number of nitrogens with zero attached hydrogens (tertiary/aromatic N) is 2. The van der Waals surface area contributed by atoms with Crippen LogP contribution < -0.4 is 5.73 Å². The zero-order chi connectivity index (χ0) is 14.8. The van der Waals surface area contributed by atoms with Crippen LogP contribution in [0.25, 0.3) is 10.9 Å². The van der Waals surface area contributed by atoms with Crippen LogP contribution in [-0.2, 0) is 4.79 Å². The number of rotatable bonds is 4. The van der Waals surface area contributed by atoms with Crippen molar-refractivity contribution >= 4 is 22.7 Å². The third-order valence-corrected chi connectivity index (χ3v) is 4.03. The van der Waals surface area contributed by atoms with Gasteiger partial charge in [-0.15, -0.1) is 0 Å². The van der Waals surface area contributed by atoms with E-state index in [1.807, 2.05) is 24.3 Å². The van der Waals surface area contributed by atoms with Crippen molar-refractivity contribution in [2.45, 2.75) is 31.7 Å². The number of H-pyrrole nitrogens is 1. The van der Waals surface area contributed by atoms with Gasteiger partial charge in [-0.3, -0.25) is 14.7 Å². The third-order valence-electron chi connectivity index (χ3n) is 4.03. The van der Waals surface area contributed by atoms with Gasteiger partial charge in [0.15, 0.2) is 5.69 Å². The number of aromatic amines is 1. The van der Waals surface area contributed by atoms with E-state index in [2.05, 4.69) is 10.2 Å². The van der Waals surface area contributed by atoms with E-state index >= 15 is 0 Å². The molecule has 2 amide bonds. The maximum absolute atomic E-state index is 12.8. The Morgan fingerprint density at radius 1 is 1.29 bits per heavy atom. The predicted molar refractivity (Wildman–Crippen MR) is 78.6 cm³/mol. The maximum atomic E-state index is 12.8. The second kappa shape index (κ2) is 5.55. The molecule has 1 fully saturated rings. The summed E-state index contributed by atoms with van der Waals surface area (Å²) < 4.78 is 0. The van der Waals surface area contributed by atoms with E-state index in [9.17, 15) is 9.59 Å². The minimum Gasteiger partial charge on any atom is -0.368 e. The Hall–Kier alpha value is -2.37. The molecule has 3 rings (SSSR count). The van der Waals surface area contributed by atoms with Gasteiger partial charge >= 0.3 is 0 Å². The summed E-state index contributed by atoms with van der Waals surface area (Å²) in [5.41, 5.74) is 6.48. The van der Waals surface area contributed by atoms with E-state index in [0.717, 1.165) is 36.6 Å². The molecule has 1 aliphatic rings. The summed E-state index contributed by atoms with van der Waals surface area (Å²) in [6.07, 6.45) is 3.99. The number of fused-ring (bicyclic) bond motifs is 1. The Balaban J connectivity index is 1.94. The van der Waals surface area contributed by atoms with E-state index in [-0.39, 0.29) is 18.5 Å². The van der Waals surface area contributed by atoms with Gasteiger partial charge < -0.3 is 10.6 Å². The fraction of sp³-hybridized carbons (Fsp3) is 0.400. The van der Waals surface area contributed by atoms with Crippen LogP contribution >= 0.6 is 0 Å². The van der Waals surface area contributed by atoms with Crippen molar-refractivity contribution in [3.8, 4) is 0 Å². The second-order valence-electron chi connectivity index (χ2n) is 5.46. The van der Waals surface area contributed by atoms with Gasteiger partial charge in [0.05, 0.1) is 12.1 Å². The Morgan fingerprint density at radius 2 is 2.00 bits per heavy atom. The molecule has 0 saturated heterocycles. The summed E-state index contributed by atoms with van der Waals surface area (Å²) >= 11 is 0. The number of amides is 2. The van der Waals surface area contributed by atoms with Gasteiger partial charge in [0.1, 0.15) is 0 Å². The number of para-hydroxylation sites is 1. The lowest BCUT2D eigenvalue weighted by atomic mass is 10.1. The van der Waals surface area contributed by atoms with Gasteiger partial charge in [0, 0.05) is 11.4 Å². The summed E-state index contributed by atoms with van der Waals surface area (Å²) in [6.45, 7) is -0.0509. The highest BCUT2D eigenvalue weighted by Gasteiger charge is 2.30. The summed E-state index contributed by atoms with van der Waals surface area (Å²) in [5.74, 6) is -0.715. The van der Waals surface area contributed by atoms with Gasteiger partial charge in [-0.1, -0.05) is 31.0 Å².